The molecule has 0 radical (unpaired) electrons. The van der Waals surface area contributed by atoms with Gasteiger partial charge in [0, 0.05) is 23.7 Å². The van der Waals surface area contributed by atoms with Crippen LogP contribution in [-0.2, 0) is 4.74 Å². The lowest BCUT2D eigenvalue weighted by molar-refractivity contribution is 0.0569. The predicted molar refractivity (Wildman–Crippen MR) is 75.4 cm³/mol. The van der Waals surface area contributed by atoms with Crippen molar-refractivity contribution in [1.82, 2.24) is 0 Å². The van der Waals surface area contributed by atoms with Crippen LogP contribution in [0.3, 0.4) is 0 Å². The van der Waals surface area contributed by atoms with Crippen LogP contribution >= 0.6 is 15.9 Å². The van der Waals surface area contributed by atoms with Gasteiger partial charge in [-0.2, -0.15) is 5.26 Å². The Hall–Kier alpha value is -1.05. The van der Waals surface area contributed by atoms with Crippen molar-refractivity contribution < 1.29 is 4.74 Å². The van der Waals surface area contributed by atoms with E-state index in [2.05, 4.69) is 27.3 Å². The Morgan fingerprint density at radius 1 is 1.44 bits per heavy atom. The Morgan fingerprint density at radius 3 is 2.78 bits per heavy atom. The highest BCUT2D eigenvalue weighted by atomic mass is 79.9. The number of nitrogens with one attached hydrogen (secondary N) is 1. The topological polar surface area (TPSA) is 45.0 Å². The first kappa shape index (κ1) is 13.4. The van der Waals surface area contributed by atoms with Gasteiger partial charge in [0.15, 0.2) is 0 Å². The molecule has 1 aliphatic carbocycles. The summed E-state index contributed by atoms with van der Waals surface area (Å²) in [4.78, 5) is 0. The fourth-order valence-electron chi connectivity index (χ4n) is 2.48. The fourth-order valence-corrected chi connectivity index (χ4v) is 2.74. The number of methoxy groups -OCH3 is 1. The van der Waals surface area contributed by atoms with E-state index in [0.717, 1.165) is 35.8 Å². The minimum atomic E-state index is -0.493. The monoisotopic (exact) mass is 308 g/mol. The fraction of sp³-hybridized carbons (Fsp3) is 0.500. The predicted octanol–water partition coefficient (Wildman–Crippen LogP) is 3.71. The summed E-state index contributed by atoms with van der Waals surface area (Å²) < 4.78 is 6.45. The molecule has 2 atom stereocenters. The third kappa shape index (κ3) is 3.04. The molecule has 1 aromatic carbocycles. The van der Waals surface area contributed by atoms with Crippen LogP contribution in [0.4, 0.5) is 5.69 Å². The lowest BCUT2D eigenvalue weighted by Gasteiger charge is -2.36. The molecule has 0 amide bonds. The van der Waals surface area contributed by atoms with Crippen LogP contribution in [0.25, 0.3) is 0 Å². The van der Waals surface area contributed by atoms with Crippen LogP contribution in [-0.4, -0.2) is 18.8 Å². The van der Waals surface area contributed by atoms with Gasteiger partial charge in [0.25, 0.3) is 0 Å². The zero-order valence-electron chi connectivity index (χ0n) is 10.4. The summed E-state index contributed by atoms with van der Waals surface area (Å²) >= 11 is 3.41. The summed E-state index contributed by atoms with van der Waals surface area (Å²) in [5, 5.41) is 12.9. The molecular formula is C14H17BrN2O. The molecule has 1 N–H and O–H groups in total. The molecular weight excluding hydrogens is 292 g/mol. The number of ether oxygens (including phenoxy) is 1. The van der Waals surface area contributed by atoms with Crippen LogP contribution in [0.5, 0.6) is 0 Å². The molecule has 0 saturated heterocycles. The van der Waals surface area contributed by atoms with Crippen molar-refractivity contribution in [2.45, 2.75) is 37.3 Å². The van der Waals surface area contributed by atoms with Gasteiger partial charge in [-0.05, 0) is 43.5 Å². The van der Waals surface area contributed by atoms with Gasteiger partial charge < -0.3 is 10.1 Å². The van der Waals surface area contributed by atoms with Crippen molar-refractivity contribution in [1.29, 1.82) is 5.26 Å². The number of benzene rings is 1. The highest BCUT2D eigenvalue weighted by Crippen LogP contribution is 2.32. The van der Waals surface area contributed by atoms with Gasteiger partial charge in [0.05, 0.1) is 12.2 Å². The number of nitrogens with zero attached hydrogens (tertiary/aromatic N) is 1. The van der Waals surface area contributed by atoms with Crippen LogP contribution in [0.15, 0.2) is 28.7 Å². The van der Waals surface area contributed by atoms with E-state index in [1.165, 1.54) is 0 Å². The van der Waals surface area contributed by atoms with Gasteiger partial charge in [0.2, 0.25) is 0 Å². The van der Waals surface area contributed by atoms with Gasteiger partial charge in [-0.15, -0.1) is 0 Å². The third-order valence-electron chi connectivity index (χ3n) is 3.48. The molecule has 0 heterocycles. The maximum absolute atomic E-state index is 9.49. The van der Waals surface area contributed by atoms with E-state index in [0.29, 0.717) is 0 Å². The first-order valence-electron chi connectivity index (χ1n) is 6.15. The van der Waals surface area contributed by atoms with Crippen molar-refractivity contribution in [2.24, 2.45) is 0 Å². The third-order valence-corrected chi connectivity index (χ3v) is 4.01. The minimum Gasteiger partial charge on any atom is -0.381 e. The van der Waals surface area contributed by atoms with Crippen molar-refractivity contribution in [2.75, 3.05) is 12.4 Å². The second-order valence-corrected chi connectivity index (χ2v) is 5.70. The van der Waals surface area contributed by atoms with Crippen LogP contribution in [0.2, 0.25) is 0 Å². The molecule has 0 spiro atoms. The van der Waals surface area contributed by atoms with Crippen LogP contribution in [0, 0.1) is 11.3 Å². The lowest BCUT2D eigenvalue weighted by atomic mass is 9.81. The Labute approximate surface area is 116 Å². The molecule has 1 saturated carbocycles. The second-order valence-electron chi connectivity index (χ2n) is 4.78. The maximum Gasteiger partial charge on any atom is 0.127 e. The molecule has 0 aliphatic heterocycles. The molecule has 2 rings (SSSR count). The highest BCUT2D eigenvalue weighted by molar-refractivity contribution is 9.10. The molecule has 2 unspecified atom stereocenters. The van der Waals surface area contributed by atoms with E-state index in [-0.39, 0.29) is 6.10 Å². The molecule has 1 aliphatic rings. The van der Waals surface area contributed by atoms with E-state index in [4.69, 9.17) is 4.74 Å². The van der Waals surface area contributed by atoms with Crippen molar-refractivity contribution >= 4 is 21.6 Å². The standard InChI is InChI=1S/C14H17BrN2O/c1-18-13-3-2-8-14(9-13,10-16)17-12-6-4-11(15)5-7-12/h4-7,13,17H,2-3,8-9H2,1H3. The zero-order valence-corrected chi connectivity index (χ0v) is 12.0. The summed E-state index contributed by atoms with van der Waals surface area (Å²) in [5.41, 5.74) is 0.490. The normalized spacial score (nSPS) is 27.5. The number of halogens is 1. The average Bonchev–Trinajstić information content (AvgIpc) is 2.42. The Bertz CT molecular complexity index is 440. The average molecular weight is 309 g/mol. The summed E-state index contributed by atoms with van der Waals surface area (Å²) in [5.74, 6) is 0. The summed E-state index contributed by atoms with van der Waals surface area (Å²) in [6, 6.07) is 10.4. The van der Waals surface area contributed by atoms with E-state index < -0.39 is 5.54 Å². The quantitative estimate of drug-likeness (QED) is 0.925. The van der Waals surface area contributed by atoms with Crippen molar-refractivity contribution in [3.05, 3.63) is 28.7 Å². The number of hydrogen-bond donors (Lipinski definition) is 1. The first-order chi connectivity index (χ1) is 8.67. The number of hydrogen-bond acceptors (Lipinski definition) is 3. The molecule has 18 heavy (non-hydrogen) atoms. The zero-order chi connectivity index (χ0) is 13.0. The van der Waals surface area contributed by atoms with E-state index in [9.17, 15) is 5.26 Å². The maximum atomic E-state index is 9.49. The molecule has 0 aromatic heterocycles. The molecule has 1 aromatic rings. The molecule has 0 bridgehead atoms. The van der Waals surface area contributed by atoms with Crippen molar-refractivity contribution in [3.8, 4) is 6.07 Å². The summed E-state index contributed by atoms with van der Waals surface area (Å²) in [7, 11) is 1.72. The van der Waals surface area contributed by atoms with Crippen molar-refractivity contribution in [3.63, 3.8) is 0 Å². The second kappa shape index (κ2) is 5.73. The van der Waals surface area contributed by atoms with Gasteiger partial charge in [-0.3, -0.25) is 0 Å². The van der Waals surface area contributed by atoms with Gasteiger partial charge in [0.1, 0.15) is 5.54 Å². The van der Waals surface area contributed by atoms with E-state index in [1.807, 2.05) is 24.3 Å². The molecule has 4 heteroatoms. The number of anilines is 1. The Balaban J connectivity index is 2.13. The number of rotatable bonds is 3. The van der Waals surface area contributed by atoms with Crippen LogP contribution in [0.1, 0.15) is 25.7 Å². The SMILES string of the molecule is COC1CCCC(C#N)(Nc2ccc(Br)cc2)C1. The first-order valence-corrected chi connectivity index (χ1v) is 6.94. The number of nitriles is 1. The summed E-state index contributed by atoms with van der Waals surface area (Å²) in [6.07, 6.45) is 3.87. The Kier molecular flexibility index (Phi) is 4.26. The van der Waals surface area contributed by atoms with E-state index in [1.54, 1.807) is 7.11 Å². The molecule has 96 valence electrons. The van der Waals surface area contributed by atoms with Crippen LogP contribution < -0.4 is 5.32 Å². The largest absolute Gasteiger partial charge is 0.381 e. The highest BCUT2D eigenvalue weighted by Gasteiger charge is 2.36. The van der Waals surface area contributed by atoms with Gasteiger partial charge >= 0.3 is 0 Å². The van der Waals surface area contributed by atoms with E-state index >= 15 is 0 Å². The molecule has 3 nitrogen and oxygen atoms in total. The smallest absolute Gasteiger partial charge is 0.127 e. The minimum absolute atomic E-state index is 0.182. The molecule has 1 fully saturated rings. The summed E-state index contributed by atoms with van der Waals surface area (Å²) in [6.45, 7) is 0. The lowest BCUT2D eigenvalue weighted by Crippen LogP contribution is -2.43. The van der Waals surface area contributed by atoms with Gasteiger partial charge in [-0.25, -0.2) is 0 Å². The Morgan fingerprint density at radius 2 is 2.17 bits per heavy atom. The van der Waals surface area contributed by atoms with Gasteiger partial charge in [-0.1, -0.05) is 15.9 Å².